The molecular formula is C12H15FN2O3S. The smallest absolute Gasteiger partial charge is 0.241 e. The van der Waals surface area contributed by atoms with Crippen LogP contribution in [0.3, 0.4) is 0 Å². The first kappa shape index (κ1) is 14.0. The first-order valence-electron chi connectivity index (χ1n) is 5.97. The van der Waals surface area contributed by atoms with Crippen molar-refractivity contribution >= 4 is 15.9 Å². The lowest BCUT2D eigenvalue weighted by atomic mass is 10.3. The molecule has 0 aromatic heterocycles. The van der Waals surface area contributed by atoms with Crippen molar-refractivity contribution in [2.24, 2.45) is 0 Å². The van der Waals surface area contributed by atoms with Crippen LogP contribution in [-0.2, 0) is 14.8 Å². The first-order chi connectivity index (χ1) is 8.88. The SMILES string of the molecule is C[C@@H](NS(=O)(=O)c1ccc(F)cc1)C(=O)NC1CC1. The fraction of sp³-hybridized carbons (Fsp3) is 0.417. The average Bonchev–Trinajstić information content (AvgIpc) is 3.12. The van der Waals surface area contributed by atoms with Crippen LogP contribution in [-0.4, -0.2) is 26.4 Å². The largest absolute Gasteiger partial charge is 0.352 e. The summed E-state index contributed by atoms with van der Waals surface area (Å²) in [5.74, 6) is -0.869. The van der Waals surface area contributed by atoms with Gasteiger partial charge in [0.25, 0.3) is 0 Å². The molecule has 1 aliphatic carbocycles. The summed E-state index contributed by atoms with van der Waals surface area (Å²) in [7, 11) is -3.81. The van der Waals surface area contributed by atoms with E-state index in [0.717, 1.165) is 37.1 Å². The van der Waals surface area contributed by atoms with Gasteiger partial charge in [-0.1, -0.05) is 0 Å². The molecule has 1 fully saturated rings. The van der Waals surface area contributed by atoms with Gasteiger partial charge in [-0.2, -0.15) is 4.72 Å². The highest BCUT2D eigenvalue weighted by atomic mass is 32.2. The third-order valence-corrected chi connectivity index (χ3v) is 4.33. The van der Waals surface area contributed by atoms with Crippen molar-refractivity contribution in [3.8, 4) is 0 Å². The summed E-state index contributed by atoms with van der Waals surface area (Å²) < 4.78 is 38.9. The maximum atomic E-state index is 12.7. The predicted molar refractivity (Wildman–Crippen MR) is 67.3 cm³/mol. The molecule has 7 heteroatoms. The summed E-state index contributed by atoms with van der Waals surface area (Å²) in [6.07, 6.45) is 1.87. The topological polar surface area (TPSA) is 75.3 Å². The summed E-state index contributed by atoms with van der Waals surface area (Å²) in [5, 5.41) is 2.71. The van der Waals surface area contributed by atoms with Crippen molar-refractivity contribution in [2.75, 3.05) is 0 Å². The molecule has 1 atom stereocenters. The molecule has 0 spiro atoms. The van der Waals surface area contributed by atoms with Crippen molar-refractivity contribution in [1.29, 1.82) is 0 Å². The van der Waals surface area contributed by atoms with Crippen molar-refractivity contribution in [3.63, 3.8) is 0 Å². The third-order valence-electron chi connectivity index (χ3n) is 2.77. The molecule has 1 aromatic rings. The number of hydrogen-bond acceptors (Lipinski definition) is 3. The van der Waals surface area contributed by atoms with E-state index in [-0.39, 0.29) is 16.8 Å². The molecule has 0 bridgehead atoms. The van der Waals surface area contributed by atoms with E-state index in [2.05, 4.69) is 10.0 Å². The minimum Gasteiger partial charge on any atom is -0.352 e. The summed E-state index contributed by atoms with van der Waals surface area (Å²) in [4.78, 5) is 11.6. The maximum absolute atomic E-state index is 12.7. The maximum Gasteiger partial charge on any atom is 0.241 e. The van der Waals surface area contributed by atoms with Crippen molar-refractivity contribution in [2.45, 2.75) is 36.7 Å². The fourth-order valence-corrected chi connectivity index (χ4v) is 2.72. The van der Waals surface area contributed by atoms with Gasteiger partial charge in [-0.15, -0.1) is 0 Å². The number of amides is 1. The van der Waals surface area contributed by atoms with E-state index in [4.69, 9.17) is 0 Å². The number of hydrogen-bond donors (Lipinski definition) is 2. The highest BCUT2D eigenvalue weighted by Gasteiger charge is 2.27. The number of benzene rings is 1. The minimum atomic E-state index is -3.81. The highest BCUT2D eigenvalue weighted by Crippen LogP contribution is 2.18. The van der Waals surface area contributed by atoms with Crippen LogP contribution >= 0.6 is 0 Å². The van der Waals surface area contributed by atoms with Crippen LogP contribution in [0.1, 0.15) is 19.8 Å². The summed E-state index contributed by atoms with van der Waals surface area (Å²) >= 11 is 0. The van der Waals surface area contributed by atoms with Crippen molar-refractivity contribution in [3.05, 3.63) is 30.1 Å². The second-order valence-electron chi connectivity index (χ2n) is 4.58. The van der Waals surface area contributed by atoms with Crippen LogP contribution in [0.5, 0.6) is 0 Å². The average molecular weight is 286 g/mol. The Labute approximate surface area is 111 Å². The molecule has 0 unspecified atom stereocenters. The molecule has 0 aliphatic heterocycles. The second-order valence-corrected chi connectivity index (χ2v) is 6.29. The van der Waals surface area contributed by atoms with E-state index in [9.17, 15) is 17.6 Å². The van der Waals surface area contributed by atoms with Crippen LogP contribution < -0.4 is 10.0 Å². The van der Waals surface area contributed by atoms with E-state index < -0.39 is 21.9 Å². The zero-order valence-electron chi connectivity index (χ0n) is 10.4. The van der Waals surface area contributed by atoms with Gasteiger partial charge < -0.3 is 5.32 Å². The molecule has 1 saturated carbocycles. The van der Waals surface area contributed by atoms with Crippen LogP contribution in [0.25, 0.3) is 0 Å². The second kappa shape index (κ2) is 5.26. The standard InChI is InChI=1S/C12H15FN2O3S/c1-8(12(16)14-10-4-5-10)15-19(17,18)11-6-2-9(13)3-7-11/h2-3,6-8,10,15H,4-5H2,1H3,(H,14,16)/t8-/m1/s1. The van der Waals surface area contributed by atoms with Gasteiger partial charge in [-0.3, -0.25) is 4.79 Å². The van der Waals surface area contributed by atoms with Crippen LogP contribution in [0.15, 0.2) is 29.2 Å². The normalized spacial score (nSPS) is 16.9. The van der Waals surface area contributed by atoms with E-state index >= 15 is 0 Å². The lowest BCUT2D eigenvalue weighted by Gasteiger charge is -2.14. The zero-order chi connectivity index (χ0) is 14.0. The molecule has 2 rings (SSSR count). The van der Waals surface area contributed by atoms with E-state index in [1.807, 2.05) is 0 Å². The summed E-state index contributed by atoms with van der Waals surface area (Å²) in [5.41, 5.74) is 0. The quantitative estimate of drug-likeness (QED) is 0.839. The minimum absolute atomic E-state index is 0.0695. The molecule has 19 heavy (non-hydrogen) atoms. The van der Waals surface area contributed by atoms with Gasteiger partial charge >= 0.3 is 0 Å². The molecule has 0 radical (unpaired) electrons. The first-order valence-corrected chi connectivity index (χ1v) is 7.45. The molecule has 1 amide bonds. The van der Waals surface area contributed by atoms with E-state index in [1.165, 1.54) is 6.92 Å². The van der Waals surface area contributed by atoms with Crippen molar-refractivity contribution in [1.82, 2.24) is 10.0 Å². The predicted octanol–water partition coefficient (Wildman–Crippen LogP) is 0.771. The van der Waals surface area contributed by atoms with Crippen molar-refractivity contribution < 1.29 is 17.6 Å². The number of halogens is 1. The molecule has 0 saturated heterocycles. The van der Waals surface area contributed by atoms with E-state index in [0.29, 0.717) is 0 Å². The van der Waals surface area contributed by atoms with Crippen LogP contribution in [0, 0.1) is 5.82 Å². The van der Waals surface area contributed by atoms with Gasteiger partial charge in [-0.05, 0) is 44.0 Å². The molecule has 1 aliphatic rings. The zero-order valence-corrected chi connectivity index (χ0v) is 11.2. The lowest BCUT2D eigenvalue weighted by molar-refractivity contribution is -0.122. The number of rotatable bonds is 5. The monoisotopic (exact) mass is 286 g/mol. The summed E-state index contributed by atoms with van der Waals surface area (Å²) in [6, 6.07) is 3.74. The Hall–Kier alpha value is -1.47. The Bertz CT molecular complexity index is 567. The molecular weight excluding hydrogens is 271 g/mol. The van der Waals surface area contributed by atoms with Gasteiger partial charge in [-0.25, -0.2) is 12.8 Å². The van der Waals surface area contributed by atoms with Crippen LogP contribution in [0.4, 0.5) is 4.39 Å². The molecule has 0 heterocycles. The molecule has 1 aromatic carbocycles. The number of nitrogens with one attached hydrogen (secondary N) is 2. The van der Waals surface area contributed by atoms with Crippen LogP contribution in [0.2, 0.25) is 0 Å². The Morgan fingerprint density at radius 1 is 1.32 bits per heavy atom. The Morgan fingerprint density at radius 2 is 1.89 bits per heavy atom. The van der Waals surface area contributed by atoms with Gasteiger partial charge in [0.15, 0.2) is 0 Å². The molecule has 5 nitrogen and oxygen atoms in total. The van der Waals surface area contributed by atoms with Gasteiger partial charge in [0.2, 0.25) is 15.9 Å². The Morgan fingerprint density at radius 3 is 2.42 bits per heavy atom. The molecule has 104 valence electrons. The Balaban J connectivity index is 2.03. The third kappa shape index (κ3) is 3.74. The van der Waals surface area contributed by atoms with Gasteiger partial charge in [0.05, 0.1) is 10.9 Å². The number of sulfonamides is 1. The highest BCUT2D eigenvalue weighted by molar-refractivity contribution is 7.89. The molecule has 2 N–H and O–H groups in total. The number of carbonyl (C=O) groups excluding carboxylic acids is 1. The number of carbonyl (C=O) groups is 1. The fourth-order valence-electron chi connectivity index (χ4n) is 1.52. The Kier molecular flexibility index (Phi) is 3.86. The summed E-state index contributed by atoms with van der Waals surface area (Å²) in [6.45, 7) is 1.47. The van der Waals surface area contributed by atoms with E-state index in [1.54, 1.807) is 0 Å². The van der Waals surface area contributed by atoms with Gasteiger partial charge in [0.1, 0.15) is 5.82 Å². The lowest BCUT2D eigenvalue weighted by Crippen LogP contribution is -2.45. The van der Waals surface area contributed by atoms with Gasteiger partial charge in [0, 0.05) is 6.04 Å².